The van der Waals surface area contributed by atoms with Crippen LogP contribution >= 0.6 is 0 Å². The van der Waals surface area contributed by atoms with Crippen LogP contribution in [-0.4, -0.2) is 33.7 Å². The number of amides is 1. The van der Waals surface area contributed by atoms with Gasteiger partial charge in [0.2, 0.25) is 10.0 Å². The average molecular weight is 483 g/mol. The van der Waals surface area contributed by atoms with E-state index < -0.39 is 16.1 Å². The topological polar surface area (TPSA) is 75.7 Å². The number of anilines is 2. The fraction of sp³-hybridized carbons (Fsp3) is 0.519. The molecule has 0 spiro atoms. The minimum Gasteiger partial charge on any atom is -0.481 e. The molecule has 2 aromatic carbocycles. The lowest BCUT2D eigenvalue weighted by molar-refractivity contribution is -0.122. The van der Waals surface area contributed by atoms with Crippen LogP contribution < -0.4 is 14.4 Å². The molecule has 4 saturated carbocycles. The Morgan fingerprint density at radius 1 is 0.971 bits per heavy atom. The molecule has 1 amide bonds. The molecule has 34 heavy (non-hydrogen) atoms. The fourth-order valence-electron chi connectivity index (χ4n) is 6.80. The van der Waals surface area contributed by atoms with Gasteiger partial charge in [-0.05, 0) is 111 Å². The predicted octanol–water partition coefficient (Wildman–Crippen LogP) is 4.96. The van der Waals surface area contributed by atoms with Gasteiger partial charge in [0.05, 0.1) is 11.9 Å². The molecule has 6 nitrogen and oxygen atoms in total. The molecule has 1 N–H and O–H groups in total. The highest BCUT2D eigenvalue weighted by molar-refractivity contribution is 7.92. The van der Waals surface area contributed by atoms with Gasteiger partial charge in [-0.3, -0.25) is 9.10 Å². The van der Waals surface area contributed by atoms with Crippen molar-refractivity contribution < 1.29 is 17.9 Å². The van der Waals surface area contributed by atoms with Gasteiger partial charge < -0.3 is 10.1 Å². The van der Waals surface area contributed by atoms with Gasteiger partial charge >= 0.3 is 0 Å². The molecule has 1 atom stereocenters. The number of carbonyl (C=O) groups excluding carboxylic acids is 1. The molecule has 6 rings (SSSR count). The van der Waals surface area contributed by atoms with Gasteiger partial charge in [-0.1, -0.05) is 12.1 Å². The highest BCUT2D eigenvalue weighted by Crippen LogP contribution is 2.60. The predicted molar refractivity (Wildman–Crippen MR) is 135 cm³/mol. The summed E-state index contributed by atoms with van der Waals surface area (Å²) in [6, 6.07) is 15.1. The molecule has 0 heterocycles. The molecule has 0 radical (unpaired) electrons. The summed E-state index contributed by atoms with van der Waals surface area (Å²) in [5, 5.41) is 2.96. The van der Waals surface area contributed by atoms with E-state index in [2.05, 4.69) is 17.4 Å². The third kappa shape index (κ3) is 4.54. The van der Waals surface area contributed by atoms with Crippen molar-refractivity contribution in [2.45, 2.75) is 57.0 Å². The zero-order valence-electron chi connectivity index (χ0n) is 20.2. The van der Waals surface area contributed by atoms with E-state index in [-0.39, 0.29) is 5.91 Å². The van der Waals surface area contributed by atoms with Crippen LogP contribution in [0.1, 0.15) is 51.0 Å². The van der Waals surface area contributed by atoms with E-state index in [0.717, 1.165) is 29.7 Å². The monoisotopic (exact) mass is 482 g/mol. The number of hydrogen-bond donors (Lipinski definition) is 1. The standard InChI is InChI=1S/C27H34N2O4S/c1-18(33-25-10-8-24(9-11-25)29(2)34(3,31)32)26(30)28-23-6-4-22(5-7-23)27-15-19-12-20(16-27)14-21(13-19)17-27/h4-11,18-21H,12-17H2,1-3H3,(H,28,30). The van der Waals surface area contributed by atoms with Crippen LogP contribution in [0.5, 0.6) is 5.75 Å². The first-order chi connectivity index (χ1) is 16.1. The SMILES string of the molecule is CC(Oc1ccc(N(C)S(C)(=O)=O)cc1)C(=O)Nc1ccc(C23CC4CC(CC(C4)C2)C3)cc1. The molecule has 0 aliphatic heterocycles. The van der Waals surface area contributed by atoms with Crippen molar-refractivity contribution in [3.63, 3.8) is 0 Å². The van der Waals surface area contributed by atoms with Crippen LogP contribution in [0.3, 0.4) is 0 Å². The molecule has 0 aromatic heterocycles. The van der Waals surface area contributed by atoms with Gasteiger partial charge in [0.25, 0.3) is 5.91 Å². The van der Waals surface area contributed by atoms with E-state index in [1.165, 1.54) is 55.4 Å². The lowest BCUT2D eigenvalue weighted by Gasteiger charge is -2.57. The largest absolute Gasteiger partial charge is 0.481 e. The van der Waals surface area contributed by atoms with Gasteiger partial charge in [-0.25, -0.2) is 8.42 Å². The lowest BCUT2D eigenvalue weighted by atomic mass is 9.48. The molecular weight excluding hydrogens is 448 g/mol. The Bertz CT molecular complexity index is 1120. The van der Waals surface area contributed by atoms with E-state index in [1.54, 1.807) is 31.2 Å². The fourth-order valence-corrected chi connectivity index (χ4v) is 7.30. The molecular formula is C27H34N2O4S. The molecule has 4 bridgehead atoms. The maximum absolute atomic E-state index is 12.7. The number of ether oxygens (including phenoxy) is 1. The van der Waals surface area contributed by atoms with Crippen LogP contribution in [0.15, 0.2) is 48.5 Å². The number of carbonyl (C=O) groups is 1. The zero-order valence-corrected chi connectivity index (χ0v) is 21.0. The molecule has 4 aliphatic carbocycles. The van der Waals surface area contributed by atoms with Crippen LogP contribution in [0.25, 0.3) is 0 Å². The van der Waals surface area contributed by atoms with E-state index in [9.17, 15) is 13.2 Å². The summed E-state index contributed by atoms with van der Waals surface area (Å²) in [6.45, 7) is 1.70. The summed E-state index contributed by atoms with van der Waals surface area (Å²) >= 11 is 0. The molecule has 2 aromatic rings. The normalized spacial score (nSPS) is 28.4. The molecule has 7 heteroatoms. The quantitative estimate of drug-likeness (QED) is 0.605. The minimum absolute atomic E-state index is 0.222. The Kier molecular flexibility index (Phi) is 5.87. The Labute approximate surface area is 202 Å². The van der Waals surface area contributed by atoms with Crippen LogP contribution in [0.2, 0.25) is 0 Å². The molecule has 182 valence electrons. The highest BCUT2D eigenvalue weighted by Gasteiger charge is 2.51. The molecule has 4 aliphatic rings. The Hall–Kier alpha value is -2.54. The maximum atomic E-state index is 12.7. The first-order valence-corrected chi connectivity index (χ1v) is 14.1. The van der Waals surface area contributed by atoms with Crippen molar-refractivity contribution in [1.29, 1.82) is 0 Å². The summed E-state index contributed by atoms with van der Waals surface area (Å²) in [7, 11) is -1.83. The third-order valence-corrected chi connectivity index (χ3v) is 9.39. The highest BCUT2D eigenvalue weighted by atomic mass is 32.2. The zero-order chi connectivity index (χ0) is 24.1. The second-order valence-corrected chi connectivity index (χ2v) is 12.8. The third-order valence-electron chi connectivity index (χ3n) is 8.18. The average Bonchev–Trinajstić information content (AvgIpc) is 2.78. The number of nitrogens with zero attached hydrogens (tertiary/aromatic N) is 1. The minimum atomic E-state index is -3.33. The van der Waals surface area contributed by atoms with Crippen LogP contribution in [0.4, 0.5) is 11.4 Å². The number of rotatable bonds is 7. The Balaban J connectivity index is 1.19. The second-order valence-electron chi connectivity index (χ2n) is 10.7. The Morgan fingerprint density at radius 3 is 2.00 bits per heavy atom. The first kappa shape index (κ1) is 23.2. The molecule has 4 fully saturated rings. The lowest BCUT2D eigenvalue weighted by Crippen LogP contribution is -2.48. The van der Waals surface area contributed by atoms with Gasteiger partial charge in [-0.2, -0.15) is 0 Å². The van der Waals surface area contributed by atoms with E-state index in [1.807, 2.05) is 12.1 Å². The summed E-state index contributed by atoms with van der Waals surface area (Å²) in [5.74, 6) is 3.00. The van der Waals surface area contributed by atoms with E-state index >= 15 is 0 Å². The first-order valence-electron chi connectivity index (χ1n) is 12.2. The summed E-state index contributed by atoms with van der Waals surface area (Å²) in [5.41, 5.74) is 3.10. The van der Waals surface area contributed by atoms with E-state index in [4.69, 9.17) is 4.74 Å². The van der Waals surface area contributed by atoms with Crippen LogP contribution in [-0.2, 0) is 20.2 Å². The van der Waals surface area contributed by atoms with Crippen molar-refractivity contribution in [2.24, 2.45) is 17.8 Å². The summed E-state index contributed by atoms with van der Waals surface area (Å²) < 4.78 is 30.3. The number of sulfonamides is 1. The second kappa shape index (κ2) is 8.59. The van der Waals surface area contributed by atoms with Gasteiger partial charge in [0.15, 0.2) is 6.10 Å². The molecule has 0 saturated heterocycles. The van der Waals surface area contributed by atoms with Crippen LogP contribution in [0, 0.1) is 17.8 Å². The van der Waals surface area contributed by atoms with Crippen molar-refractivity contribution in [1.82, 2.24) is 0 Å². The van der Waals surface area contributed by atoms with Gasteiger partial charge in [-0.15, -0.1) is 0 Å². The van der Waals surface area contributed by atoms with Gasteiger partial charge in [0, 0.05) is 12.7 Å². The molecule has 1 unspecified atom stereocenters. The van der Waals surface area contributed by atoms with E-state index in [0.29, 0.717) is 16.9 Å². The van der Waals surface area contributed by atoms with Crippen molar-refractivity contribution in [2.75, 3.05) is 22.9 Å². The van der Waals surface area contributed by atoms with Crippen molar-refractivity contribution in [3.8, 4) is 5.75 Å². The van der Waals surface area contributed by atoms with Gasteiger partial charge in [0.1, 0.15) is 5.75 Å². The number of nitrogens with one attached hydrogen (secondary N) is 1. The smallest absolute Gasteiger partial charge is 0.265 e. The summed E-state index contributed by atoms with van der Waals surface area (Å²) in [6.07, 6.45) is 8.74. The number of benzene rings is 2. The maximum Gasteiger partial charge on any atom is 0.265 e. The Morgan fingerprint density at radius 2 is 1.50 bits per heavy atom. The summed E-state index contributed by atoms with van der Waals surface area (Å²) in [4.78, 5) is 12.7. The van der Waals surface area contributed by atoms with Crippen molar-refractivity contribution >= 4 is 27.3 Å². The number of hydrogen-bond acceptors (Lipinski definition) is 4. The van der Waals surface area contributed by atoms with Crippen molar-refractivity contribution in [3.05, 3.63) is 54.1 Å².